The first-order valence-electron chi connectivity index (χ1n) is 4.39. The van der Waals surface area contributed by atoms with Gasteiger partial charge in [0.25, 0.3) is 0 Å². The molecule has 0 bridgehead atoms. The molecule has 14 heavy (non-hydrogen) atoms. The van der Waals surface area contributed by atoms with Crippen LogP contribution in [0.4, 0.5) is 0 Å². The molecule has 0 radical (unpaired) electrons. The second-order valence-electron chi connectivity index (χ2n) is 3.28. The van der Waals surface area contributed by atoms with Crippen LogP contribution in [0.5, 0.6) is 5.75 Å². The molecule has 78 valence electrons. The van der Waals surface area contributed by atoms with E-state index in [0.717, 1.165) is 0 Å². The second kappa shape index (κ2) is 4.95. The number of ether oxygens (including phenoxy) is 1. The van der Waals surface area contributed by atoms with E-state index < -0.39 is 5.54 Å². The Hall–Kier alpha value is -1.10. The molecule has 0 spiro atoms. The third kappa shape index (κ3) is 2.99. The smallest absolute Gasteiger partial charge is 0.119 e. The van der Waals surface area contributed by atoms with Crippen molar-refractivity contribution in [2.75, 3.05) is 19.8 Å². The molecule has 0 aromatic heterocycles. The Bertz CT molecular complexity index is 259. The summed E-state index contributed by atoms with van der Waals surface area (Å²) in [6, 6.07) is 9.13. The normalized spacial score (nSPS) is 11.4. The Morgan fingerprint density at radius 2 is 1.71 bits per heavy atom. The van der Waals surface area contributed by atoms with Gasteiger partial charge in [-0.05, 0) is 12.1 Å². The minimum Gasteiger partial charge on any atom is -0.491 e. The van der Waals surface area contributed by atoms with Crippen LogP contribution in [-0.4, -0.2) is 35.6 Å². The summed E-state index contributed by atoms with van der Waals surface area (Å²) in [5.74, 6) is 0.671. The first-order valence-corrected chi connectivity index (χ1v) is 4.39. The lowest BCUT2D eigenvalue weighted by atomic mass is 10.1. The van der Waals surface area contributed by atoms with Gasteiger partial charge >= 0.3 is 0 Å². The molecule has 4 nitrogen and oxygen atoms in total. The van der Waals surface area contributed by atoms with Gasteiger partial charge in [0.1, 0.15) is 12.4 Å². The van der Waals surface area contributed by atoms with E-state index in [1.165, 1.54) is 0 Å². The van der Waals surface area contributed by atoms with E-state index in [2.05, 4.69) is 0 Å². The maximum atomic E-state index is 8.90. The van der Waals surface area contributed by atoms with Crippen LogP contribution in [0, 0.1) is 0 Å². The molecule has 0 saturated carbocycles. The van der Waals surface area contributed by atoms with E-state index in [-0.39, 0.29) is 19.8 Å². The molecule has 4 N–H and O–H groups in total. The monoisotopic (exact) mass is 197 g/mol. The van der Waals surface area contributed by atoms with E-state index in [1.807, 2.05) is 18.2 Å². The summed E-state index contributed by atoms with van der Waals surface area (Å²) in [6.07, 6.45) is 0. The second-order valence-corrected chi connectivity index (χ2v) is 3.28. The molecule has 0 aliphatic heterocycles. The van der Waals surface area contributed by atoms with Gasteiger partial charge in [-0.25, -0.2) is 0 Å². The van der Waals surface area contributed by atoms with Crippen LogP contribution in [0.1, 0.15) is 0 Å². The highest BCUT2D eigenvalue weighted by Crippen LogP contribution is 2.10. The summed E-state index contributed by atoms with van der Waals surface area (Å²) < 4.78 is 5.31. The first-order chi connectivity index (χ1) is 6.70. The van der Waals surface area contributed by atoms with E-state index in [0.29, 0.717) is 5.75 Å². The molecule has 0 unspecified atom stereocenters. The Balaban J connectivity index is 2.48. The minimum atomic E-state index is -1.07. The molecule has 1 aromatic carbocycles. The van der Waals surface area contributed by atoms with Crippen LogP contribution < -0.4 is 10.5 Å². The van der Waals surface area contributed by atoms with Crippen molar-refractivity contribution in [3.05, 3.63) is 30.3 Å². The van der Waals surface area contributed by atoms with Crippen molar-refractivity contribution in [2.24, 2.45) is 5.73 Å². The fourth-order valence-corrected chi connectivity index (χ4v) is 0.885. The topological polar surface area (TPSA) is 75.7 Å². The van der Waals surface area contributed by atoms with Gasteiger partial charge in [0.05, 0.1) is 18.8 Å². The van der Waals surface area contributed by atoms with Crippen molar-refractivity contribution < 1.29 is 14.9 Å². The number of hydrogen-bond donors (Lipinski definition) is 3. The van der Waals surface area contributed by atoms with Crippen molar-refractivity contribution >= 4 is 0 Å². The number of hydrogen-bond acceptors (Lipinski definition) is 4. The van der Waals surface area contributed by atoms with Crippen molar-refractivity contribution in [1.29, 1.82) is 0 Å². The van der Waals surface area contributed by atoms with Gasteiger partial charge in [-0.2, -0.15) is 0 Å². The third-order valence-electron chi connectivity index (χ3n) is 1.90. The number of benzene rings is 1. The lowest BCUT2D eigenvalue weighted by Crippen LogP contribution is -2.52. The van der Waals surface area contributed by atoms with Crippen LogP contribution >= 0.6 is 0 Å². The number of aliphatic hydroxyl groups excluding tert-OH is 2. The Labute approximate surface area is 82.9 Å². The van der Waals surface area contributed by atoms with Gasteiger partial charge in [0, 0.05) is 0 Å². The van der Waals surface area contributed by atoms with Crippen molar-refractivity contribution in [2.45, 2.75) is 5.54 Å². The molecule has 1 rings (SSSR count). The highest BCUT2D eigenvalue weighted by molar-refractivity contribution is 5.21. The molecule has 0 saturated heterocycles. The molecular formula is C10H15NO3. The minimum absolute atomic E-state index is 0.0873. The summed E-state index contributed by atoms with van der Waals surface area (Å²) in [4.78, 5) is 0. The van der Waals surface area contributed by atoms with E-state index >= 15 is 0 Å². The first kappa shape index (κ1) is 11.0. The van der Waals surface area contributed by atoms with Crippen LogP contribution in [0.15, 0.2) is 30.3 Å². The fourth-order valence-electron chi connectivity index (χ4n) is 0.885. The molecule has 0 atom stereocenters. The average Bonchev–Trinajstić information content (AvgIpc) is 2.27. The van der Waals surface area contributed by atoms with Gasteiger partial charge in [-0.1, -0.05) is 18.2 Å². The lowest BCUT2D eigenvalue weighted by molar-refractivity contribution is 0.0785. The van der Waals surface area contributed by atoms with Gasteiger partial charge in [0.2, 0.25) is 0 Å². The highest BCUT2D eigenvalue weighted by atomic mass is 16.5. The molecule has 0 heterocycles. The zero-order valence-corrected chi connectivity index (χ0v) is 7.89. The van der Waals surface area contributed by atoms with Crippen LogP contribution in [0.2, 0.25) is 0 Å². The summed E-state index contributed by atoms with van der Waals surface area (Å²) in [5, 5.41) is 17.8. The number of rotatable bonds is 5. The SMILES string of the molecule is NC(CO)(CO)COc1ccccc1. The molecule has 0 aliphatic carbocycles. The van der Waals surface area contributed by atoms with E-state index in [4.69, 9.17) is 20.7 Å². The maximum absolute atomic E-state index is 8.90. The summed E-state index contributed by atoms with van der Waals surface area (Å²) >= 11 is 0. The van der Waals surface area contributed by atoms with E-state index in [1.54, 1.807) is 12.1 Å². The largest absolute Gasteiger partial charge is 0.491 e. The molecule has 0 fully saturated rings. The van der Waals surface area contributed by atoms with Gasteiger partial charge in [0.15, 0.2) is 0 Å². The Morgan fingerprint density at radius 1 is 1.14 bits per heavy atom. The Morgan fingerprint density at radius 3 is 2.21 bits per heavy atom. The molecule has 0 amide bonds. The van der Waals surface area contributed by atoms with Gasteiger partial charge in [-0.3, -0.25) is 0 Å². The molecular weight excluding hydrogens is 182 g/mol. The van der Waals surface area contributed by atoms with Crippen LogP contribution in [0.25, 0.3) is 0 Å². The predicted molar refractivity (Wildman–Crippen MR) is 53.0 cm³/mol. The van der Waals surface area contributed by atoms with Crippen molar-refractivity contribution in [3.63, 3.8) is 0 Å². The van der Waals surface area contributed by atoms with Gasteiger partial charge < -0.3 is 20.7 Å². The standard InChI is InChI=1S/C10H15NO3/c11-10(6-12,7-13)8-14-9-4-2-1-3-5-9/h1-5,12-13H,6-8,11H2. The summed E-state index contributed by atoms with van der Waals surface area (Å²) in [6.45, 7) is -0.531. The number of para-hydroxylation sites is 1. The van der Waals surface area contributed by atoms with Crippen molar-refractivity contribution in [1.82, 2.24) is 0 Å². The maximum Gasteiger partial charge on any atom is 0.119 e. The Kier molecular flexibility index (Phi) is 3.88. The highest BCUT2D eigenvalue weighted by Gasteiger charge is 2.23. The van der Waals surface area contributed by atoms with Gasteiger partial charge in [-0.15, -0.1) is 0 Å². The van der Waals surface area contributed by atoms with Crippen LogP contribution in [-0.2, 0) is 0 Å². The average molecular weight is 197 g/mol. The molecule has 0 aliphatic rings. The summed E-state index contributed by atoms with van der Waals surface area (Å²) in [5.41, 5.74) is 4.55. The zero-order valence-electron chi connectivity index (χ0n) is 7.89. The fraction of sp³-hybridized carbons (Fsp3) is 0.400. The lowest BCUT2D eigenvalue weighted by Gasteiger charge is -2.24. The zero-order chi connectivity index (χ0) is 10.4. The number of aliphatic hydroxyl groups is 2. The summed E-state index contributed by atoms with van der Waals surface area (Å²) in [7, 11) is 0. The predicted octanol–water partition coefficient (Wildman–Crippen LogP) is -0.253. The molecule has 4 heteroatoms. The van der Waals surface area contributed by atoms with Crippen LogP contribution in [0.3, 0.4) is 0 Å². The van der Waals surface area contributed by atoms with E-state index in [9.17, 15) is 0 Å². The number of nitrogens with two attached hydrogens (primary N) is 1. The quantitative estimate of drug-likeness (QED) is 0.608. The third-order valence-corrected chi connectivity index (χ3v) is 1.90. The van der Waals surface area contributed by atoms with Crippen molar-refractivity contribution in [3.8, 4) is 5.75 Å². The molecule has 1 aromatic rings.